The van der Waals surface area contributed by atoms with Crippen molar-refractivity contribution in [3.63, 3.8) is 0 Å². The average molecular weight is 359 g/mol. The third kappa shape index (κ3) is 83.8. The molecule has 0 spiro atoms. The predicted octanol–water partition coefficient (Wildman–Crippen LogP) is -8.99. The van der Waals surface area contributed by atoms with Crippen molar-refractivity contribution < 1.29 is 37.2 Å². The first-order valence-electron chi connectivity index (χ1n) is 0. The van der Waals surface area contributed by atoms with E-state index in [9.17, 15) is 0 Å². The van der Waals surface area contributed by atoms with Gasteiger partial charge in [0.2, 0.25) is 0 Å². The minimum absolute atomic E-state index is 0. The second kappa shape index (κ2) is 594. The Morgan fingerprint density at radius 3 is 0.500 bits per heavy atom. The Balaban J connectivity index is 0. The predicted molar refractivity (Wildman–Crippen MR) is 0 cm³/mol. The number of hydrogen-bond donors (Lipinski definition) is 0. The van der Waals surface area contributed by atoms with E-state index >= 15 is 0 Å². The van der Waals surface area contributed by atoms with Gasteiger partial charge in [0, 0.05) is 0 Å². The molecule has 4 heavy (non-hydrogen) atoms. The zero-order chi connectivity index (χ0) is 0. The number of halogens is 3. The number of hydrogen-bond acceptors (Lipinski definition) is 0. The molecular formula is Cl3Es-3. The summed E-state index contributed by atoms with van der Waals surface area (Å²) in [5.74, 6) is 0. The molecule has 0 bridgehead atoms. The van der Waals surface area contributed by atoms with Gasteiger partial charge in [0.25, 0.3) is 0 Å². The number of rotatable bonds is 0. The summed E-state index contributed by atoms with van der Waals surface area (Å²) in [5.41, 5.74) is 0. The molecule has 0 unspecified atom stereocenters. The molecule has 0 aromatic carbocycles. The molecule has 0 aliphatic carbocycles. The minimum atomic E-state index is 0. The van der Waals surface area contributed by atoms with Crippen LogP contribution in [0.5, 0.6) is 0 Å². The van der Waals surface area contributed by atoms with Gasteiger partial charge < -0.3 is 37.2 Å². The maximum absolute atomic E-state index is 0. The Labute approximate surface area is 37.8 Å². The molecule has 0 atom stereocenters. The Morgan fingerprint density at radius 1 is 0.500 bits per heavy atom. The van der Waals surface area contributed by atoms with Crippen molar-refractivity contribution in [2.24, 2.45) is 0 Å². The second-order valence-corrected chi connectivity index (χ2v) is 0. The third-order valence-electron chi connectivity index (χ3n) is 0. The van der Waals surface area contributed by atoms with E-state index in [0.717, 1.165) is 0 Å². The summed E-state index contributed by atoms with van der Waals surface area (Å²) in [4.78, 5) is 0. The fourth-order valence-corrected chi connectivity index (χ4v) is 0. The van der Waals surface area contributed by atoms with Crippen LogP contribution in [0.25, 0.3) is 0 Å². The van der Waals surface area contributed by atoms with Gasteiger partial charge in [-0.05, 0) is 0 Å². The molecule has 1 radical (unpaired) electrons. The fraction of sp³-hybridized carbons (Fsp3) is 0. The summed E-state index contributed by atoms with van der Waals surface area (Å²) in [6, 6.07) is 0. The van der Waals surface area contributed by atoms with Gasteiger partial charge in [-0.25, -0.2) is 0 Å². The van der Waals surface area contributed by atoms with Crippen molar-refractivity contribution >= 4 is 0 Å². The van der Waals surface area contributed by atoms with E-state index in [2.05, 4.69) is 0 Å². The summed E-state index contributed by atoms with van der Waals surface area (Å²) in [6.45, 7) is 0. The Hall–Kier alpha value is -0.130. The first-order chi connectivity index (χ1) is 0. The van der Waals surface area contributed by atoms with Crippen molar-refractivity contribution in [2.75, 3.05) is 0 Å². The summed E-state index contributed by atoms with van der Waals surface area (Å²) in [6.07, 6.45) is 0. The van der Waals surface area contributed by atoms with Crippen molar-refractivity contribution in [3.05, 3.63) is 0 Å². The van der Waals surface area contributed by atoms with E-state index in [0.29, 0.717) is 0 Å². The van der Waals surface area contributed by atoms with Gasteiger partial charge in [0.1, 0.15) is 0 Å². The van der Waals surface area contributed by atoms with Gasteiger partial charge in [-0.3, -0.25) is 0 Å². The largest absolute Gasteiger partial charge is 1.00 e. The molecule has 0 N–H and O–H groups in total. The molecule has 0 nitrogen and oxygen atoms in total. The van der Waals surface area contributed by atoms with Gasteiger partial charge >= 0.3 is 0 Å². The van der Waals surface area contributed by atoms with Crippen molar-refractivity contribution in [2.45, 2.75) is 0 Å². The molecule has 0 amide bonds. The van der Waals surface area contributed by atoms with E-state index in [4.69, 9.17) is 0 Å². The minimum Gasteiger partial charge on any atom is -1.00 e. The zero-order valence-electron chi connectivity index (χ0n) is 1.44. The summed E-state index contributed by atoms with van der Waals surface area (Å²) >= 11 is 0. The van der Waals surface area contributed by atoms with Crippen LogP contribution < -0.4 is 37.2 Å². The van der Waals surface area contributed by atoms with Crippen LogP contribution in [0.2, 0.25) is 0 Å². The van der Waals surface area contributed by atoms with Gasteiger partial charge in [-0.2, -0.15) is 0 Å². The first-order valence-corrected chi connectivity index (χ1v) is 0. The third-order valence-corrected chi connectivity index (χ3v) is 0. The maximum Gasteiger partial charge on any atom is 0 e. The van der Waals surface area contributed by atoms with Crippen LogP contribution in [0.4, 0.5) is 0 Å². The van der Waals surface area contributed by atoms with Gasteiger partial charge in [-0.15, -0.1) is 0 Å². The molecule has 0 aliphatic heterocycles. The van der Waals surface area contributed by atoms with Crippen LogP contribution in [0.15, 0.2) is 0 Å². The molecule has 0 aromatic rings. The fourth-order valence-electron chi connectivity index (χ4n) is 0. The van der Waals surface area contributed by atoms with E-state index in [1.165, 1.54) is 0 Å². The maximum atomic E-state index is 0. The Morgan fingerprint density at radius 2 is 0.500 bits per heavy atom. The topological polar surface area (TPSA) is 0 Å². The van der Waals surface area contributed by atoms with E-state index in [-0.39, 0.29) is 37.2 Å². The van der Waals surface area contributed by atoms with Gasteiger partial charge in [0.05, 0.1) is 0 Å². The second-order valence-electron chi connectivity index (χ2n) is 0. The monoisotopic (exact) mass is 358 g/mol. The molecule has 4 heteroatoms. The van der Waals surface area contributed by atoms with Crippen LogP contribution in [-0.4, -0.2) is 0 Å². The molecule has 0 fully saturated rings. The van der Waals surface area contributed by atoms with Crippen LogP contribution in [0, 0.1) is 0 Å². The molecule has 0 rings (SSSR count). The quantitative estimate of drug-likeness (QED) is 0.403. The van der Waals surface area contributed by atoms with Crippen LogP contribution in [0.1, 0.15) is 0 Å². The molecule has 0 aromatic heterocycles. The Kier molecular flexibility index (Phi) is 280000. The van der Waals surface area contributed by atoms with Crippen LogP contribution in [-0.2, 0) is 0 Å². The van der Waals surface area contributed by atoms with Gasteiger partial charge in [-0.1, -0.05) is 0 Å². The SMILES string of the molecule is [253Es].[Cl-].[Cl-].[Cl-]. The summed E-state index contributed by atoms with van der Waals surface area (Å²) in [7, 11) is 0. The van der Waals surface area contributed by atoms with Gasteiger partial charge in [0.15, 0.2) is 0 Å². The first kappa shape index (κ1) is 1890. The van der Waals surface area contributed by atoms with Crippen molar-refractivity contribution in [1.82, 2.24) is 0 Å². The molecule has 0 aliphatic rings. The smallest absolute Gasteiger partial charge is 0 e. The molecule has 0 saturated heterocycles. The summed E-state index contributed by atoms with van der Waals surface area (Å²) < 4.78 is 0. The molecule has 0 heterocycles. The van der Waals surface area contributed by atoms with E-state index in [1.807, 2.05) is 0 Å². The normalized spacial score (nSPS) is 0. The Bertz CT molecular complexity index is 3.25. The zero-order valence-corrected chi connectivity index (χ0v) is 6.21. The van der Waals surface area contributed by atoms with Crippen molar-refractivity contribution in [3.8, 4) is 0 Å². The van der Waals surface area contributed by atoms with E-state index < -0.39 is 0 Å². The van der Waals surface area contributed by atoms with Crippen molar-refractivity contribution in [1.29, 1.82) is 0 Å². The van der Waals surface area contributed by atoms with E-state index in [1.54, 1.807) is 0 Å². The van der Waals surface area contributed by atoms with Crippen LogP contribution in [0.3, 0.4) is 0 Å². The standard InChI is InChI=1S/3ClH.Es/h3*1H;/p-3/i;;;1+1. The van der Waals surface area contributed by atoms with Crippen LogP contribution >= 0.6 is 0 Å². The average Bonchev–Trinajstić information content (AvgIpc) is 0. The molecule has 35 valence electrons. The molecular weight excluding hydrogens is 359 g/mol. The molecule has 0 saturated carbocycles. The summed E-state index contributed by atoms with van der Waals surface area (Å²) in [5, 5.41) is 0.